The molecule has 0 aliphatic carbocycles. The summed E-state index contributed by atoms with van der Waals surface area (Å²) in [4.78, 5) is 0. The van der Waals surface area contributed by atoms with E-state index in [0.29, 0.717) is 0 Å². The molecule has 0 saturated carbocycles. The molecule has 0 aliphatic heterocycles. The van der Waals surface area contributed by atoms with Gasteiger partial charge in [0.2, 0.25) is 0 Å². The predicted molar refractivity (Wildman–Crippen MR) is 12.7 cm³/mol. The third-order valence-corrected chi connectivity index (χ3v) is 1.96. The molecule has 4 heavy (non-hydrogen) atoms. The van der Waals surface area contributed by atoms with Crippen LogP contribution in [-0.2, 0) is 25.0 Å². The van der Waals surface area contributed by atoms with E-state index in [0.717, 1.165) is 3.93 Å². The topological polar surface area (TPSA) is 20.2 Å². The van der Waals surface area contributed by atoms with Gasteiger partial charge >= 0.3 is 38.9 Å². The van der Waals surface area contributed by atoms with Gasteiger partial charge in [0.1, 0.15) is 0 Å². The minimum atomic E-state index is -1.11. The maximum atomic E-state index is 8.10. The summed E-state index contributed by atoms with van der Waals surface area (Å²) in [5.74, 6) is 0. The first-order chi connectivity index (χ1) is 1.91. The standard InChI is InChI=1S/C2H5.Hg.H2O/c1-2;;/h1H2,2H3;;1H2/q;+1;/p-1. The Labute approximate surface area is 39.1 Å². The Morgan fingerprint density at radius 1 is 2.00 bits per heavy atom. The Balaban J connectivity index is 1.97. The van der Waals surface area contributed by atoms with Gasteiger partial charge in [0.05, 0.1) is 0 Å². The first-order valence-electron chi connectivity index (χ1n) is 1.52. The Morgan fingerprint density at radius 2 is 2.25 bits per heavy atom. The molecule has 1 N–H and O–H groups in total. The zero-order chi connectivity index (χ0) is 3.41. The van der Waals surface area contributed by atoms with E-state index in [4.69, 9.17) is 3.01 Å². The van der Waals surface area contributed by atoms with Gasteiger partial charge in [0.15, 0.2) is 0 Å². The van der Waals surface area contributed by atoms with E-state index in [1.54, 1.807) is 0 Å². The monoisotopic (exact) mass is 248 g/mol. The molecule has 0 amide bonds. The maximum absolute atomic E-state index is 8.10. The molecule has 0 aliphatic rings. The SMILES string of the molecule is C[CH2][Hg][OH]. The molecule has 0 atom stereocenters. The van der Waals surface area contributed by atoms with E-state index in [2.05, 4.69) is 0 Å². The summed E-state index contributed by atoms with van der Waals surface area (Å²) in [6, 6.07) is 0. The third-order valence-electron chi connectivity index (χ3n) is 0.224. The quantitative estimate of drug-likeness (QED) is 0.665. The molecule has 0 unspecified atom stereocenters. The molecule has 0 bridgehead atoms. The van der Waals surface area contributed by atoms with Crippen LogP contribution < -0.4 is 0 Å². The van der Waals surface area contributed by atoms with Crippen LogP contribution in [0.25, 0.3) is 0 Å². The van der Waals surface area contributed by atoms with Crippen molar-refractivity contribution in [3.8, 4) is 0 Å². The summed E-state index contributed by atoms with van der Waals surface area (Å²) in [6.07, 6.45) is 0. The van der Waals surface area contributed by atoms with Gasteiger partial charge in [-0.15, -0.1) is 0 Å². The Morgan fingerprint density at radius 3 is 2.25 bits per heavy atom. The Kier molecular flexibility index (Phi) is 4.77. The van der Waals surface area contributed by atoms with E-state index < -0.39 is 25.0 Å². The van der Waals surface area contributed by atoms with E-state index in [1.807, 2.05) is 6.92 Å². The fourth-order valence-electron chi connectivity index (χ4n) is 0. The van der Waals surface area contributed by atoms with Crippen molar-refractivity contribution in [1.82, 2.24) is 0 Å². The van der Waals surface area contributed by atoms with E-state index in [-0.39, 0.29) is 0 Å². The van der Waals surface area contributed by atoms with E-state index >= 15 is 0 Å². The van der Waals surface area contributed by atoms with Crippen molar-refractivity contribution >= 4 is 0 Å². The van der Waals surface area contributed by atoms with Crippen LogP contribution in [0.15, 0.2) is 0 Å². The average Bonchev–Trinajstić information content (AvgIpc) is 1.37. The van der Waals surface area contributed by atoms with Gasteiger partial charge < -0.3 is 0 Å². The summed E-state index contributed by atoms with van der Waals surface area (Å²) in [5.41, 5.74) is 0. The molecule has 0 aromatic heterocycles. The molecule has 0 rings (SSSR count). The first-order valence-corrected chi connectivity index (χ1v) is 7.87. The molecule has 0 aromatic rings. The van der Waals surface area contributed by atoms with Crippen LogP contribution in [0.1, 0.15) is 6.92 Å². The van der Waals surface area contributed by atoms with Crippen LogP contribution in [0.3, 0.4) is 0 Å². The molecule has 0 heterocycles. The molecule has 0 saturated heterocycles. The van der Waals surface area contributed by atoms with Crippen molar-refractivity contribution in [1.29, 1.82) is 0 Å². The van der Waals surface area contributed by atoms with E-state index in [9.17, 15) is 0 Å². The molecule has 2 heteroatoms. The summed E-state index contributed by atoms with van der Waals surface area (Å²) in [7, 11) is 0. The van der Waals surface area contributed by atoms with Crippen LogP contribution in [0, 0.1) is 0 Å². The third kappa shape index (κ3) is 2.90. The van der Waals surface area contributed by atoms with Gasteiger partial charge in [0, 0.05) is 0 Å². The van der Waals surface area contributed by atoms with Gasteiger partial charge in [0.25, 0.3) is 0 Å². The van der Waals surface area contributed by atoms with E-state index in [1.165, 1.54) is 0 Å². The van der Waals surface area contributed by atoms with Crippen molar-refractivity contribution < 1.29 is 28.0 Å². The van der Waals surface area contributed by atoms with Crippen molar-refractivity contribution in [2.45, 2.75) is 10.9 Å². The molecule has 1 nitrogen and oxygen atoms in total. The molecular formula is C2H6HgO. The molecule has 0 fully saturated rings. The van der Waals surface area contributed by atoms with Crippen molar-refractivity contribution in [2.24, 2.45) is 0 Å². The molecule has 0 aromatic carbocycles. The zero-order valence-corrected chi connectivity index (χ0v) is 8.36. The van der Waals surface area contributed by atoms with Crippen LogP contribution in [0.4, 0.5) is 0 Å². The van der Waals surface area contributed by atoms with Crippen LogP contribution >= 0.6 is 0 Å². The molecule has 22 valence electrons. The molecule has 0 spiro atoms. The summed E-state index contributed by atoms with van der Waals surface area (Å²) >= 11 is -1.11. The van der Waals surface area contributed by atoms with Gasteiger partial charge in [-0.25, -0.2) is 0 Å². The minimum absolute atomic E-state index is 1.10. The van der Waals surface area contributed by atoms with Crippen molar-refractivity contribution in [3.63, 3.8) is 0 Å². The normalized spacial score (nSPS) is 5.50. The van der Waals surface area contributed by atoms with Gasteiger partial charge in [-0.2, -0.15) is 0 Å². The molecular weight excluding hydrogens is 241 g/mol. The summed E-state index contributed by atoms with van der Waals surface area (Å²) < 4.78 is 9.19. The fraction of sp³-hybridized carbons (Fsp3) is 1.00. The number of rotatable bonds is 1. The van der Waals surface area contributed by atoms with Crippen molar-refractivity contribution in [3.05, 3.63) is 0 Å². The second-order valence-corrected chi connectivity index (χ2v) is 6.35. The van der Waals surface area contributed by atoms with Crippen LogP contribution in [-0.4, -0.2) is 3.01 Å². The second kappa shape index (κ2) is 3.90. The number of hydrogen-bond donors (Lipinski definition) is 1. The molecule has 0 radical (unpaired) electrons. The fourth-order valence-corrected chi connectivity index (χ4v) is 0. The van der Waals surface area contributed by atoms with Gasteiger partial charge in [-0.1, -0.05) is 0 Å². The zero-order valence-electron chi connectivity index (χ0n) is 2.86. The second-order valence-electron chi connectivity index (χ2n) is 0.724. The van der Waals surface area contributed by atoms with Gasteiger partial charge in [-0.3, -0.25) is 0 Å². The average molecular weight is 247 g/mol. The predicted octanol–water partition coefficient (Wildman–Crippen LogP) is 0.414. The number of hydrogen-bond acceptors (Lipinski definition) is 1. The van der Waals surface area contributed by atoms with Crippen molar-refractivity contribution in [2.75, 3.05) is 0 Å². The summed E-state index contributed by atoms with van der Waals surface area (Å²) in [5, 5.41) is 0. The first kappa shape index (κ1) is 4.90. The van der Waals surface area contributed by atoms with Gasteiger partial charge in [-0.05, 0) is 0 Å². The Bertz CT molecular complexity index is 8.00. The van der Waals surface area contributed by atoms with Crippen LogP contribution in [0.2, 0.25) is 3.93 Å². The Hall–Kier alpha value is 0.895. The van der Waals surface area contributed by atoms with Crippen LogP contribution in [0.5, 0.6) is 0 Å². The summed E-state index contributed by atoms with van der Waals surface area (Å²) in [6.45, 7) is 2.03.